The van der Waals surface area contributed by atoms with Crippen molar-refractivity contribution in [2.24, 2.45) is 7.05 Å². The van der Waals surface area contributed by atoms with Crippen molar-refractivity contribution in [1.82, 2.24) is 14.9 Å². The minimum Gasteiger partial charge on any atom is -0.494 e. The van der Waals surface area contributed by atoms with E-state index in [0.717, 1.165) is 22.8 Å². The molecule has 1 aromatic heterocycles. The van der Waals surface area contributed by atoms with Crippen LogP contribution in [0, 0.1) is 12.7 Å². The maximum atomic E-state index is 13.8. The smallest absolute Gasteiger partial charge is 0.165 e. The summed E-state index contributed by atoms with van der Waals surface area (Å²) >= 11 is 0. The fraction of sp³-hybridized carbons (Fsp3) is 0.357. The van der Waals surface area contributed by atoms with E-state index >= 15 is 0 Å². The summed E-state index contributed by atoms with van der Waals surface area (Å²) in [5, 5.41) is 3.08. The Morgan fingerprint density at radius 3 is 2.74 bits per heavy atom. The van der Waals surface area contributed by atoms with Crippen LogP contribution in [0.15, 0.2) is 18.2 Å². The number of benzene rings is 1. The molecule has 0 radical (unpaired) electrons. The van der Waals surface area contributed by atoms with E-state index in [-0.39, 0.29) is 11.6 Å². The number of nitrogens with zero attached hydrogens (tertiary/aromatic N) is 2. The summed E-state index contributed by atoms with van der Waals surface area (Å²) in [6.07, 6.45) is 0. The van der Waals surface area contributed by atoms with E-state index < -0.39 is 0 Å². The third-order valence-electron chi connectivity index (χ3n) is 3.16. The van der Waals surface area contributed by atoms with Crippen molar-refractivity contribution in [2.45, 2.75) is 13.5 Å². The zero-order chi connectivity index (χ0) is 14.0. The van der Waals surface area contributed by atoms with Crippen LogP contribution in [0.5, 0.6) is 5.75 Å². The van der Waals surface area contributed by atoms with E-state index in [1.54, 1.807) is 6.07 Å². The van der Waals surface area contributed by atoms with Gasteiger partial charge in [-0.2, -0.15) is 0 Å². The molecule has 0 aliphatic heterocycles. The van der Waals surface area contributed by atoms with Crippen LogP contribution < -0.4 is 10.1 Å². The summed E-state index contributed by atoms with van der Waals surface area (Å²) in [5.41, 5.74) is 2.63. The molecule has 1 heterocycles. The van der Waals surface area contributed by atoms with Gasteiger partial charge in [0.2, 0.25) is 0 Å². The van der Waals surface area contributed by atoms with Crippen LogP contribution in [0.2, 0.25) is 0 Å². The maximum absolute atomic E-state index is 13.8. The second-order valence-electron chi connectivity index (χ2n) is 4.39. The van der Waals surface area contributed by atoms with Gasteiger partial charge in [-0.25, -0.2) is 9.37 Å². The molecule has 19 heavy (non-hydrogen) atoms. The average molecular weight is 263 g/mol. The molecule has 0 saturated heterocycles. The Kier molecular flexibility index (Phi) is 3.85. The fourth-order valence-electron chi connectivity index (χ4n) is 2.14. The van der Waals surface area contributed by atoms with Crippen molar-refractivity contribution in [1.29, 1.82) is 0 Å². The minimum absolute atomic E-state index is 0.248. The van der Waals surface area contributed by atoms with Gasteiger partial charge in [-0.1, -0.05) is 0 Å². The molecule has 1 aromatic carbocycles. The molecule has 0 fully saturated rings. The summed E-state index contributed by atoms with van der Waals surface area (Å²) in [6.45, 7) is 2.58. The highest BCUT2D eigenvalue weighted by Gasteiger charge is 2.15. The molecule has 5 heteroatoms. The van der Waals surface area contributed by atoms with Gasteiger partial charge in [0.15, 0.2) is 11.6 Å². The number of hydrogen-bond donors (Lipinski definition) is 1. The molecule has 2 aromatic rings. The topological polar surface area (TPSA) is 39.1 Å². The highest BCUT2D eigenvalue weighted by Crippen LogP contribution is 2.28. The van der Waals surface area contributed by atoms with E-state index in [0.29, 0.717) is 6.54 Å². The SMILES string of the molecule is CNCc1nc(C)n(C)c1-c1ccc(OC)c(F)c1. The number of ether oxygens (including phenoxy) is 1. The Labute approximate surface area is 112 Å². The van der Waals surface area contributed by atoms with Crippen LogP contribution in [0.1, 0.15) is 11.5 Å². The number of imidazole rings is 1. The quantitative estimate of drug-likeness (QED) is 0.919. The largest absolute Gasteiger partial charge is 0.494 e. The average Bonchev–Trinajstić information content (AvgIpc) is 2.65. The number of nitrogens with one attached hydrogen (secondary N) is 1. The lowest BCUT2D eigenvalue weighted by molar-refractivity contribution is 0.386. The number of hydrogen-bond acceptors (Lipinski definition) is 3. The Hall–Kier alpha value is -1.88. The van der Waals surface area contributed by atoms with Crippen LogP contribution in [0.4, 0.5) is 4.39 Å². The maximum Gasteiger partial charge on any atom is 0.165 e. The highest BCUT2D eigenvalue weighted by atomic mass is 19.1. The monoisotopic (exact) mass is 263 g/mol. The lowest BCUT2D eigenvalue weighted by atomic mass is 10.1. The summed E-state index contributed by atoms with van der Waals surface area (Å²) in [7, 11) is 5.25. The molecule has 102 valence electrons. The molecule has 0 saturated carbocycles. The van der Waals surface area contributed by atoms with Gasteiger partial charge >= 0.3 is 0 Å². The molecule has 0 atom stereocenters. The Bertz CT molecular complexity index is 593. The predicted molar refractivity (Wildman–Crippen MR) is 72.7 cm³/mol. The Morgan fingerprint density at radius 2 is 2.16 bits per heavy atom. The summed E-state index contributed by atoms with van der Waals surface area (Å²) in [6, 6.07) is 4.96. The molecule has 0 aliphatic rings. The molecule has 0 spiro atoms. The van der Waals surface area contributed by atoms with Crippen LogP contribution in [0.3, 0.4) is 0 Å². The van der Waals surface area contributed by atoms with Gasteiger partial charge in [0, 0.05) is 19.2 Å². The molecule has 0 bridgehead atoms. The van der Waals surface area contributed by atoms with E-state index in [1.165, 1.54) is 13.2 Å². The normalized spacial score (nSPS) is 10.8. The molecule has 4 nitrogen and oxygen atoms in total. The summed E-state index contributed by atoms with van der Waals surface area (Å²) in [5.74, 6) is 0.781. The van der Waals surface area contributed by atoms with E-state index in [2.05, 4.69) is 10.3 Å². The minimum atomic E-state index is -0.366. The van der Waals surface area contributed by atoms with Gasteiger partial charge in [-0.3, -0.25) is 0 Å². The van der Waals surface area contributed by atoms with Gasteiger partial charge in [-0.05, 0) is 32.2 Å². The number of methoxy groups -OCH3 is 1. The molecular weight excluding hydrogens is 245 g/mol. The third kappa shape index (κ3) is 2.46. The van der Waals surface area contributed by atoms with E-state index in [4.69, 9.17) is 4.74 Å². The predicted octanol–water partition coefficient (Wildman–Crippen LogP) is 2.26. The first-order valence-electron chi connectivity index (χ1n) is 6.09. The number of aromatic nitrogens is 2. The fourth-order valence-corrected chi connectivity index (χ4v) is 2.14. The summed E-state index contributed by atoms with van der Waals surface area (Å²) in [4.78, 5) is 4.50. The van der Waals surface area contributed by atoms with Crippen molar-refractivity contribution >= 4 is 0 Å². The molecule has 1 N–H and O–H groups in total. The van der Waals surface area contributed by atoms with Crippen molar-refractivity contribution in [2.75, 3.05) is 14.2 Å². The van der Waals surface area contributed by atoms with Crippen LogP contribution in [-0.2, 0) is 13.6 Å². The van der Waals surface area contributed by atoms with Gasteiger partial charge in [0.1, 0.15) is 5.82 Å². The first-order chi connectivity index (χ1) is 9.08. The second kappa shape index (κ2) is 5.40. The van der Waals surface area contributed by atoms with Crippen molar-refractivity contribution in [3.8, 4) is 17.0 Å². The Morgan fingerprint density at radius 1 is 1.42 bits per heavy atom. The van der Waals surface area contributed by atoms with Crippen LogP contribution >= 0.6 is 0 Å². The first kappa shape index (κ1) is 13.5. The second-order valence-corrected chi connectivity index (χ2v) is 4.39. The molecular formula is C14H18FN3O. The lowest BCUT2D eigenvalue weighted by Gasteiger charge is -2.09. The molecule has 0 aliphatic carbocycles. The standard InChI is InChI=1S/C14H18FN3O/c1-9-17-12(8-16-2)14(18(9)3)10-5-6-13(19-4)11(15)7-10/h5-7,16H,8H2,1-4H3. The molecule has 0 amide bonds. The van der Waals surface area contributed by atoms with Gasteiger partial charge in [0.25, 0.3) is 0 Å². The van der Waals surface area contributed by atoms with E-state index in [9.17, 15) is 4.39 Å². The van der Waals surface area contributed by atoms with Crippen LogP contribution in [-0.4, -0.2) is 23.7 Å². The zero-order valence-electron chi connectivity index (χ0n) is 11.6. The number of halogens is 1. The van der Waals surface area contributed by atoms with Crippen molar-refractivity contribution in [3.63, 3.8) is 0 Å². The molecule has 0 unspecified atom stereocenters. The van der Waals surface area contributed by atoms with E-state index in [1.807, 2.05) is 31.7 Å². The summed E-state index contributed by atoms with van der Waals surface area (Å²) < 4.78 is 20.7. The van der Waals surface area contributed by atoms with Gasteiger partial charge in [0.05, 0.1) is 18.5 Å². The highest BCUT2D eigenvalue weighted by molar-refractivity contribution is 5.64. The zero-order valence-corrected chi connectivity index (χ0v) is 11.6. The molecule has 2 rings (SSSR count). The number of rotatable bonds is 4. The lowest BCUT2D eigenvalue weighted by Crippen LogP contribution is -2.07. The van der Waals surface area contributed by atoms with Crippen molar-refractivity contribution < 1.29 is 9.13 Å². The van der Waals surface area contributed by atoms with Gasteiger partial charge < -0.3 is 14.6 Å². The number of aryl methyl sites for hydroxylation is 1. The van der Waals surface area contributed by atoms with Gasteiger partial charge in [-0.15, -0.1) is 0 Å². The van der Waals surface area contributed by atoms with Crippen LogP contribution in [0.25, 0.3) is 11.3 Å². The Balaban J connectivity index is 2.54. The van der Waals surface area contributed by atoms with Crippen molar-refractivity contribution in [3.05, 3.63) is 35.5 Å². The third-order valence-corrected chi connectivity index (χ3v) is 3.16. The first-order valence-corrected chi connectivity index (χ1v) is 6.09.